The first kappa shape index (κ1) is 23.2. The molecule has 0 spiro atoms. The molecular weight excluding hydrogens is 414 g/mol. The summed E-state index contributed by atoms with van der Waals surface area (Å²) in [6.45, 7) is 4.00. The molecular formula is C31H31N3. The fourth-order valence-electron chi connectivity index (χ4n) is 4.24. The number of nitrogens with two attached hydrogens (primary N) is 1. The number of nitrogens with one attached hydrogen (secondary N) is 1. The highest BCUT2D eigenvalue weighted by Gasteiger charge is 2.10. The van der Waals surface area contributed by atoms with E-state index in [0.717, 1.165) is 52.8 Å². The van der Waals surface area contributed by atoms with E-state index in [1.807, 2.05) is 50.2 Å². The summed E-state index contributed by atoms with van der Waals surface area (Å²) in [5, 5.41) is 7.80. The lowest BCUT2D eigenvalue weighted by Crippen LogP contribution is -2.15. The molecule has 4 rings (SSSR count). The van der Waals surface area contributed by atoms with Gasteiger partial charge in [-0.2, -0.15) is 0 Å². The minimum atomic E-state index is 0.445. The quantitative estimate of drug-likeness (QED) is 0.285. The molecule has 1 aliphatic carbocycles. The number of benzene rings is 3. The Kier molecular flexibility index (Phi) is 7.34. The van der Waals surface area contributed by atoms with Crippen molar-refractivity contribution in [2.45, 2.75) is 33.1 Å². The second-order valence-electron chi connectivity index (χ2n) is 8.81. The molecule has 1 aliphatic rings. The van der Waals surface area contributed by atoms with Crippen molar-refractivity contribution >= 4 is 23.3 Å². The molecule has 3 heteroatoms. The third kappa shape index (κ3) is 5.49. The number of rotatable bonds is 7. The molecule has 170 valence electrons. The molecule has 0 radical (unpaired) electrons. The summed E-state index contributed by atoms with van der Waals surface area (Å²) in [7, 11) is 0. The molecule has 3 aromatic carbocycles. The summed E-state index contributed by atoms with van der Waals surface area (Å²) in [5.74, 6) is 0.445. The van der Waals surface area contributed by atoms with Crippen LogP contribution in [0.3, 0.4) is 0 Å². The highest BCUT2D eigenvalue weighted by atomic mass is 14.9. The molecule has 3 N–H and O–H groups in total. The van der Waals surface area contributed by atoms with Gasteiger partial charge in [0.15, 0.2) is 0 Å². The highest BCUT2D eigenvalue weighted by molar-refractivity contribution is 6.14. The first-order valence-corrected chi connectivity index (χ1v) is 11.7. The maximum atomic E-state index is 7.80. The summed E-state index contributed by atoms with van der Waals surface area (Å²) in [4.78, 5) is 4.66. The first-order valence-electron chi connectivity index (χ1n) is 11.7. The van der Waals surface area contributed by atoms with Gasteiger partial charge in [-0.05, 0) is 73.1 Å². The Labute approximate surface area is 202 Å². The smallest absolute Gasteiger partial charge is 0.131 e. The summed E-state index contributed by atoms with van der Waals surface area (Å²) < 4.78 is 0. The third-order valence-corrected chi connectivity index (χ3v) is 6.11. The summed E-state index contributed by atoms with van der Waals surface area (Å²) in [6, 6.07) is 24.8. The average Bonchev–Trinajstić information content (AvgIpc) is 2.86. The molecule has 0 saturated carbocycles. The van der Waals surface area contributed by atoms with Crippen molar-refractivity contribution in [1.82, 2.24) is 0 Å². The Hall–Kier alpha value is -3.98. The van der Waals surface area contributed by atoms with Crippen LogP contribution in [-0.4, -0.2) is 12.1 Å². The van der Waals surface area contributed by atoms with Crippen LogP contribution in [0.25, 0.3) is 16.7 Å². The van der Waals surface area contributed by atoms with E-state index in [9.17, 15) is 0 Å². The lowest BCUT2D eigenvalue weighted by Gasteiger charge is -2.11. The van der Waals surface area contributed by atoms with Gasteiger partial charge in [0.05, 0.1) is 5.69 Å². The van der Waals surface area contributed by atoms with Crippen LogP contribution in [0, 0.1) is 5.41 Å². The van der Waals surface area contributed by atoms with E-state index in [4.69, 9.17) is 11.1 Å². The molecule has 0 fully saturated rings. The topological polar surface area (TPSA) is 62.2 Å². The van der Waals surface area contributed by atoms with E-state index < -0.39 is 0 Å². The van der Waals surface area contributed by atoms with E-state index in [0.29, 0.717) is 5.84 Å². The molecule has 0 saturated heterocycles. The Balaban J connectivity index is 1.52. The van der Waals surface area contributed by atoms with E-state index >= 15 is 0 Å². The van der Waals surface area contributed by atoms with Crippen LogP contribution in [0.15, 0.2) is 107 Å². The number of nitrogens with zero attached hydrogens (tertiary/aromatic N) is 1. The van der Waals surface area contributed by atoms with Gasteiger partial charge in [0.2, 0.25) is 0 Å². The van der Waals surface area contributed by atoms with Crippen molar-refractivity contribution in [2.24, 2.45) is 10.7 Å². The van der Waals surface area contributed by atoms with Gasteiger partial charge < -0.3 is 11.1 Å². The van der Waals surface area contributed by atoms with Crippen LogP contribution in [-0.2, 0) is 6.42 Å². The minimum Gasteiger partial charge on any atom is -0.383 e. The molecule has 3 nitrogen and oxygen atoms in total. The number of hydrogen-bond donors (Lipinski definition) is 2. The lowest BCUT2D eigenvalue weighted by molar-refractivity contribution is 0.911. The van der Waals surface area contributed by atoms with E-state index in [2.05, 4.69) is 59.6 Å². The van der Waals surface area contributed by atoms with Crippen LogP contribution in [0.5, 0.6) is 0 Å². The second-order valence-corrected chi connectivity index (χ2v) is 8.81. The third-order valence-electron chi connectivity index (χ3n) is 6.11. The molecule has 0 atom stereocenters. The predicted molar refractivity (Wildman–Crippen MR) is 146 cm³/mol. The number of allylic oxidation sites excluding steroid dienone is 6. The molecule has 0 aromatic heterocycles. The number of hydrogen-bond acceptors (Lipinski definition) is 2. The van der Waals surface area contributed by atoms with Crippen molar-refractivity contribution in [3.05, 3.63) is 119 Å². The van der Waals surface area contributed by atoms with Gasteiger partial charge in [0.1, 0.15) is 5.84 Å². The van der Waals surface area contributed by atoms with Crippen LogP contribution < -0.4 is 5.73 Å². The van der Waals surface area contributed by atoms with Crippen LogP contribution >= 0.6 is 0 Å². The average molecular weight is 446 g/mol. The van der Waals surface area contributed by atoms with Crippen molar-refractivity contribution in [1.29, 1.82) is 5.41 Å². The van der Waals surface area contributed by atoms with Crippen molar-refractivity contribution < 1.29 is 0 Å². The zero-order valence-corrected chi connectivity index (χ0v) is 19.9. The highest BCUT2D eigenvalue weighted by Crippen LogP contribution is 2.26. The molecule has 0 amide bonds. The molecule has 0 unspecified atom stereocenters. The van der Waals surface area contributed by atoms with Gasteiger partial charge in [-0.15, -0.1) is 0 Å². The second kappa shape index (κ2) is 10.8. The van der Waals surface area contributed by atoms with Gasteiger partial charge in [-0.25, -0.2) is 4.99 Å². The van der Waals surface area contributed by atoms with Crippen LogP contribution in [0.1, 0.15) is 43.4 Å². The molecule has 0 bridgehead atoms. The number of aliphatic imine (C=N–C) groups is 1. The van der Waals surface area contributed by atoms with Crippen molar-refractivity contribution in [3.8, 4) is 11.1 Å². The molecule has 3 aromatic rings. The zero-order chi connectivity index (χ0) is 23.9. The minimum absolute atomic E-state index is 0.445. The first-order chi connectivity index (χ1) is 16.5. The molecule has 0 aliphatic heterocycles. The van der Waals surface area contributed by atoms with E-state index in [1.165, 1.54) is 22.9 Å². The normalized spacial score (nSPS) is 13.4. The van der Waals surface area contributed by atoms with Gasteiger partial charge in [0.25, 0.3) is 0 Å². The Morgan fingerprint density at radius 3 is 2.15 bits per heavy atom. The van der Waals surface area contributed by atoms with Gasteiger partial charge in [-0.1, -0.05) is 90.0 Å². The van der Waals surface area contributed by atoms with Crippen molar-refractivity contribution in [3.63, 3.8) is 0 Å². The maximum Gasteiger partial charge on any atom is 0.131 e. The van der Waals surface area contributed by atoms with Crippen molar-refractivity contribution in [2.75, 3.05) is 0 Å². The fourth-order valence-corrected chi connectivity index (χ4v) is 4.24. The largest absolute Gasteiger partial charge is 0.383 e. The van der Waals surface area contributed by atoms with E-state index in [-0.39, 0.29) is 0 Å². The van der Waals surface area contributed by atoms with E-state index in [1.54, 1.807) is 0 Å². The Bertz CT molecular complexity index is 1280. The standard InChI is InChI=1S/C31H31N3/c1-22(2)30(21-32)28-10-6-7-11-29(28)31(33)34-27-18-16-26(17-19-27)25-14-12-24(13-15-25)20-23-8-4-3-5-9-23/h3-4,6-8,10-19,21,32H,5,9,20H2,1-2H3,(H2,33,34). The lowest BCUT2D eigenvalue weighted by atomic mass is 9.96. The van der Waals surface area contributed by atoms with Gasteiger partial charge in [-0.3, -0.25) is 0 Å². The monoisotopic (exact) mass is 445 g/mol. The molecule has 34 heavy (non-hydrogen) atoms. The summed E-state index contributed by atoms with van der Waals surface area (Å²) in [6.07, 6.45) is 11.3. The predicted octanol–water partition coefficient (Wildman–Crippen LogP) is 7.65. The summed E-state index contributed by atoms with van der Waals surface area (Å²) >= 11 is 0. The van der Waals surface area contributed by atoms with Crippen LogP contribution in [0.2, 0.25) is 0 Å². The molecule has 0 heterocycles. The Morgan fingerprint density at radius 1 is 0.912 bits per heavy atom. The number of amidine groups is 1. The Morgan fingerprint density at radius 2 is 1.56 bits per heavy atom. The van der Waals surface area contributed by atoms with Gasteiger partial charge >= 0.3 is 0 Å². The summed E-state index contributed by atoms with van der Waals surface area (Å²) in [5.41, 5.74) is 16.1. The zero-order valence-electron chi connectivity index (χ0n) is 19.9. The van der Waals surface area contributed by atoms with Crippen LogP contribution in [0.4, 0.5) is 5.69 Å². The van der Waals surface area contributed by atoms with Gasteiger partial charge in [0, 0.05) is 11.8 Å². The maximum absolute atomic E-state index is 7.80. The SMILES string of the molecule is CC(C)=C(C=N)c1ccccc1C(N)=Nc1ccc(-c2ccc(CC3=CC=CCC3)cc2)cc1. The fraction of sp³-hybridized carbons (Fsp3) is 0.161.